The molecule has 0 bridgehead atoms. The van der Waals surface area contributed by atoms with Crippen LogP contribution in [0.15, 0.2) is 30.3 Å². The average Bonchev–Trinajstić information content (AvgIpc) is 3.16. The number of hydrogen-bond donors (Lipinski definition) is 0. The Balaban J connectivity index is 1.71. The summed E-state index contributed by atoms with van der Waals surface area (Å²) < 4.78 is 0. The minimum absolute atomic E-state index is 0.218. The van der Waals surface area contributed by atoms with Gasteiger partial charge in [-0.15, -0.1) is 0 Å². The van der Waals surface area contributed by atoms with Crippen molar-refractivity contribution in [3.05, 3.63) is 35.9 Å². The lowest BCUT2D eigenvalue weighted by atomic mass is 9.88. The normalized spacial score (nSPS) is 25.4. The highest BCUT2D eigenvalue weighted by atomic mass is 16.2. The van der Waals surface area contributed by atoms with Crippen LogP contribution in [-0.2, 0) is 11.3 Å². The summed E-state index contributed by atoms with van der Waals surface area (Å²) in [5.74, 6) is 0.337. The third-order valence-electron chi connectivity index (χ3n) is 6.04. The standard InChI is InChI=1S/C20H30N2O/c1-4-19(2,3)18(23)21-14-12-20(16-21)11-8-13-22(20)15-17-9-6-5-7-10-17/h5-7,9-10H,4,8,11-16H2,1-3H3. The van der Waals surface area contributed by atoms with Gasteiger partial charge in [0.05, 0.1) is 0 Å². The molecule has 126 valence electrons. The SMILES string of the molecule is CCC(C)(C)C(=O)N1CCC2(CCCN2Cc2ccccc2)C1. The molecule has 0 aromatic heterocycles. The van der Waals surface area contributed by atoms with Crippen LogP contribution in [0.1, 0.15) is 52.0 Å². The Morgan fingerprint density at radius 3 is 2.61 bits per heavy atom. The second kappa shape index (κ2) is 6.27. The summed E-state index contributed by atoms with van der Waals surface area (Å²) in [6.07, 6.45) is 4.52. The van der Waals surface area contributed by atoms with E-state index in [2.05, 4.69) is 60.9 Å². The lowest BCUT2D eigenvalue weighted by Crippen LogP contribution is -2.48. The lowest BCUT2D eigenvalue weighted by molar-refractivity contribution is -0.139. The van der Waals surface area contributed by atoms with Gasteiger partial charge in [0.1, 0.15) is 0 Å². The molecule has 3 rings (SSSR count). The van der Waals surface area contributed by atoms with E-state index in [0.717, 1.165) is 39.0 Å². The number of amides is 1. The average molecular weight is 314 g/mol. The number of carbonyl (C=O) groups is 1. The fourth-order valence-electron chi connectivity index (χ4n) is 4.12. The molecule has 2 aliphatic heterocycles. The fraction of sp³-hybridized carbons (Fsp3) is 0.650. The van der Waals surface area contributed by atoms with E-state index >= 15 is 0 Å². The Labute approximate surface area is 140 Å². The summed E-state index contributed by atoms with van der Waals surface area (Å²) in [7, 11) is 0. The number of hydrogen-bond acceptors (Lipinski definition) is 2. The molecule has 2 aliphatic rings. The Bertz CT molecular complexity index is 554. The van der Waals surface area contributed by atoms with Gasteiger partial charge < -0.3 is 4.90 Å². The molecular weight excluding hydrogens is 284 g/mol. The maximum atomic E-state index is 12.8. The van der Waals surface area contributed by atoms with Gasteiger partial charge in [-0.2, -0.15) is 0 Å². The van der Waals surface area contributed by atoms with Crippen molar-refractivity contribution in [2.45, 2.75) is 58.5 Å². The van der Waals surface area contributed by atoms with Crippen LogP contribution in [-0.4, -0.2) is 40.9 Å². The molecule has 0 aliphatic carbocycles. The Morgan fingerprint density at radius 2 is 1.91 bits per heavy atom. The quantitative estimate of drug-likeness (QED) is 0.846. The first-order chi connectivity index (χ1) is 11.0. The molecule has 1 atom stereocenters. The zero-order valence-electron chi connectivity index (χ0n) is 14.8. The van der Waals surface area contributed by atoms with E-state index in [0.29, 0.717) is 5.91 Å². The molecular formula is C20H30N2O. The van der Waals surface area contributed by atoms with Crippen molar-refractivity contribution in [2.24, 2.45) is 5.41 Å². The van der Waals surface area contributed by atoms with Gasteiger partial charge in [-0.25, -0.2) is 0 Å². The summed E-state index contributed by atoms with van der Waals surface area (Å²) in [5, 5.41) is 0. The number of rotatable bonds is 4. The van der Waals surface area contributed by atoms with Crippen LogP contribution < -0.4 is 0 Å². The summed E-state index contributed by atoms with van der Waals surface area (Å²) in [4.78, 5) is 17.6. The highest BCUT2D eigenvalue weighted by Crippen LogP contribution is 2.40. The van der Waals surface area contributed by atoms with Crippen molar-refractivity contribution < 1.29 is 4.79 Å². The van der Waals surface area contributed by atoms with Gasteiger partial charge in [0, 0.05) is 30.6 Å². The predicted molar refractivity (Wildman–Crippen MR) is 94.1 cm³/mol. The molecule has 1 spiro atoms. The van der Waals surface area contributed by atoms with Crippen molar-refractivity contribution in [3.63, 3.8) is 0 Å². The van der Waals surface area contributed by atoms with E-state index in [4.69, 9.17) is 0 Å². The molecule has 1 aromatic rings. The topological polar surface area (TPSA) is 23.6 Å². The molecule has 1 aromatic carbocycles. The number of benzene rings is 1. The Hall–Kier alpha value is -1.35. The third kappa shape index (κ3) is 3.16. The zero-order valence-corrected chi connectivity index (χ0v) is 14.8. The van der Waals surface area contributed by atoms with E-state index in [1.165, 1.54) is 18.4 Å². The van der Waals surface area contributed by atoms with Gasteiger partial charge in [-0.05, 0) is 37.8 Å². The van der Waals surface area contributed by atoms with Crippen molar-refractivity contribution >= 4 is 5.91 Å². The van der Waals surface area contributed by atoms with Crippen molar-refractivity contribution in [3.8, 4) is 0 Å². The highest BCUT2D eigenvalue weighted by Gasteiger charge is 2.48. The monoisotopic (exact) mass is 314 g/mol. The summed E-state index contributed by atoms with van der Waals surface area (Å²) in [5.41, 5.74) is 1.37. The molecule has 0 radical (unpaired) electrons. The van der Waals surface area contributed by atoms with Crippen LogP contribution in [0.5, 0.6) is 0 Å². The summed E-state index contributed by atoms with van der Waals surface area (Å²) in [6, 6.07) is 10.7. The van der Waals surface area contributed by atoms with E-state index in [1.807, 2.05) is 0 Å². The molecule has 1 unspecified atom stereocenters. The maximum Gasteiger partial charge on any atom is 0.228 e. The molecule has 0 saturated carbocycles. The Morgan fingerprint density at radius 1 is 1.17 bits per heavy atom. The minimum atomic E-state index is -0.228. The number of nitrogens with zero attached hydrogens (tertiary/aromatic N) is 2. The first kappa shape index (κ1) is 16.5. The molecule has 1 amide bonds. The van der Waals surface area contributed by atoms with E-state index in [-0.39, 0.29) is 11.0 Å². The number of likely N-dealkylation sites (tertiary alicyclic amines) is 2. The largest absolute Gasteiger partial charge is 0.340 e. The molecule has 2 fully saturated rings. The van der Waals surface area contributed by atoms with E-state index < -0.39 is 0 Å². The first-order valence-electron chi connectivity index (χ1n) is 9.05. The van der Waals surface area contributed by atoms with Gasteiger partial charge in [0.2, 0.25) is 5.91 Å². The van der Waals surface area contributed by atoms with Crippen molar-refractivity contribution in [1.82, 2.24) is 9.80 Å². The smallest absolute Gasteiger partial charge is 0.228 e. The predicted octanol–water partition coefficient (Wildman–Crippen LogP) is 3.69. The molecule has 23 heavy (non-hydrogen) atoms. The van der Waals surface area contributed by atoms with Crippen LogP contribution in [0.2, 0.25) is 0 Å². The number of carbonyl (C=O) groups excluding carboxylic acids is 1. The molecule has 2 saturated heterocycles. The third-order valence-corrected chi connectivity index (χ3v) is 6.04. The van der Waals surface area contributed by atoms with E-state index in [1.54, 1.807) is 0 Å². The zero-order chi connectivity index (χ0) is 16.5. The van der Waals surface area contributed by atoms with Crippen LogP contribution >= 0.6 is 0 Å². The maximum absolute atomic E-state index is 12.8. The van der Waals surface area contributed by atoms with Crippen LogP contribution in [0, 0.1) is 5.41 Å². The van der Waals surface area contributed by atoms with Crippen molar-refractivity contribution in [1.29, 1.82) is 0 Å². The summed E-state index contributed by atoms with van der Waals surface area (Å²) in [6.45, 7) is 10.3. The van der Waals surface area contributed by atoms with Gasteiger partial charge in [0.15, 0.2) is 0 Å². The van der Waals surface area contributed by atoms with Gasteiger partial charge >= 0.3 is 0 Å². The molecule has 3 heteroatoms. The highest BCUT2D eigenvalue weighted by molar-refractivity contribution is 5.82. The summed E-state index contributed by atoms with van der Waals surface area (Å²) >= 11 is 0. The first-order valence-corrected chi connectivity index (χ1v) is 9.05. The minimum Gasteiger partial charge on any atom is -0.340 e. The van der Waals surface area contributed by atoms with Crippen LogP contribution in [0.25, 0.3) is 0 Å². The van der Waals surface area contributed by atoms with Crippen molar-refractivity contribution in [2.75, 3.05) is 19.6 Å². The van der Waals surface area contributed by atoms with Gasteiger partial charge in [-0.1, -0.05) is 51.1 Å². The molecule has 0 N–H and O–H groups in total. The fourth-order valence-corrected chi connectivity index (χ4v) is 4.12. The van der Waals surface area contributed by atoms with Crippen LogP contribution in [0.3, 0.4) is 0 Å². The molecule has 2 heterocycles. The second-order valence-corrected chi connectivity index (χ2v) is 7.95. The van der Waals surface area contributed by atoms with Gasteiger partial charge in [-0.3, -0.25) is 9.69 Å². The van der Waals surface area contributed by atoms with Crippen LogP contribution in [0.4, 0.5) is 0 Å². The Kier molecular flexibility index (Phi) is 4.50. The lowest BCUT2D eigenvalue weighted by Gasteiger charge is -2.36. The molecule has 3 nitrogen and oxygen atoms in total. The van der Waals surface area contributed by atoms with Gasteiger partial charge in [0.25, 0.3) is 0 Å². The second-order valence-electron chi connectivity index (χ2n) is 7.95. The van der Waals surface area contributed by atoms with E-state index in [9.17, 15) is 4.79 Å².